The predicted octanol–water partition coefficient (Wildman–Crippen LogP) is 3.16. The molecular weight excluding hydrogens is 270 g/mol. The van der Waals surface area contributed by atoms with Crippen molar-refractivity contribution in [2.24, 2.45) is 0 Å². The molecule has 0 aliphatic carbocycles. The standard InChI is InChI=1S/C11H17N3O2S2/c1-2-17-9-5-3-4-6-13(8-9)11-12-7-10(18-11)14(15)16/h7,9H,2-6,8H2,1H3/t9-/m0/s1. The van der Waals surface area contributed by atoms with Crippen LogP contribution in [-0.4, -0.2) is 34.0 Å². The Kier molecular flexibility index (Phi) is 4.82. The van der Waals surface area contributed by atoms with Crippen LogP contribution in [0.15, 0.2) is 6.20 Å². The lowest BCUT2D eigenvalue weighted by Gasteiger charge is -2.22. The van der Waals surface area contributed by atoms with Crippen molar-refractivity contribution < 1.29 is 4.92 Å². The van der Waals surface area contributed by atoms with Gasteiger partial charge in [0.05, 0.1) is 4.92 Å². The van der Waals surface area contributed by atoms with E-state index in [2.05, 4.69) is 16.8 Å². The van der Waals surface area contributed by atoms with Crippen LogP contribution in [0.4, 0.5) is 10.1 Å². The molecule has 2 heterocycles. The van der Waals surface area contributed by atoms with Gasteiger partial charge in [-0.25, -0.2) is 4.98 Å². The molecule has 1 aliphatic rings. The minimum absolute atomic E-state index is 0.133. The molecule has 0 N–H and O–H groups in total. The first-order chi connectivity index (χ1) is 8.70. The number of nitrogens with zero attached hydrogens (tertiary/aromatic N) is 3. The van der Waals surface area contributed by atoms with Crippen LogP contribution < -0.4 is 4.90 Å². The highest BCUT2D eigenvalue weighted by atomic mass is 32.2. The quantitative estimate of drug-likeness (QED) is 0.629. The van der Waals surface area contributed by atoms with E-state index in [-0.39, 0.29) is 9.92 Å². The molecule has 0 aromatic carbocycles. The van der Waals surface area contributed by atoms with Gasteiger partial charge in [-0.2, -0.15) is 11.8 Å². The van der Waals surface area contributed by atoms with Crippen LogP contribution in [0.5, 0.6) is 0 Å². The fourth-order valence-corrected chi connectivity index (χ4v) is 3.99. The van der Waals surface area contributed by atoms with Crippen molar-refractivity contribution in [3.8, 4) is 0 Å². The Balaban J connectivity index is 2.07. The fraction of sp³-hybridized carbons (Fsp3) is 0.727. The first-order valence-corrected chi connectivity index (χ1v) is 8.04. The van der Waals surface area contributed by atoms with Gasteiger partial charge in [-0.1, -0.05) is 13.3 Å². The summed E-state index contributed by atoms with van der Waals surface area (Å²) in [4.78, 5) is 16.7. The minimum Gasteiger partial charge on any atom is -0.347 e. The zero-order valence-corrected chi connectivity index (χ0v) is 12.0. The Morgan fingerprint density at radius 1 is 1.67 bits per heavy atom. The summed E-state index contributed by atoms with van der Waals surface area (Å²) in [6, 6.07) is 0. The monoisotopic (exact) mass is 287 g/mol. The van der Waals surface area contributed by atoms with Crippen molar-refractivity contribution in [2.45, 2.75) is 31.4 Å². The molecule has 5 nitrogen and oxygen atoms in total. The highest BCUT2D eigenvalue weighted by Gasteiger charge is 2.22. The normalized spacial score (nSPS) is 20.7. The Hall–Kier alpha value is -0.820. The van der Waals surface area contributed by atoms with E-state index in [1.54, 1.807) is 0 Å². The molecule has 2 rings (SSSR count). The van der Waals surface area contributed by atoms with Gasteiger partial charge in [-0.3, -0.25) is 10.1 Å². The third kappa shape index (κ3) is 3.35. The van der Waals surface area contributed by atoms with Crippen LogP contribution in [0.2, 0.25) is 0 Å². The van der Waals surface area contributed by atoms with Crippen molar-refractivity contribution in [2.75, 3.05) is 23.7 Å². The van der Waals surface area contributed by atoms with E-state index in [0.717, 1.165) is 30.4 Å². The zero-order chi connectivity index (χ0) is 13.0. The highest BCUT2D eigenvalue weighted by Crippen LogP contribution is 2.31. The lowest BCUT2D eigenvalue weighted by atomic mass is 10.2. The van der Waals surface area contributed by atoms with Gasteiger partial charge in [-0.05, 0) is 29.9 Å². The molecule has 0 bridgehead atoms. The largest absolute Gasteiger partial charge is 0.347 e. The van der Waals surface area contributed by atoms with E-state index in [0.29, 0.717) is 5.25 Å². The molecule has 1 aliphatic heterocycles. The van der Waals surface area contributed by atoms with Crippen LogP contribution in [0.3, 0.4) is 0 Å². The lowest BCUT2D eigenvalue weighted by molar-refractivity contribution is -0.380. The molecule has 1 aromatic heterocycles. The SMILES string of the molecule is CCS[C@H]1CCCCN(c2ncc([N+](=O)[O-])s2)C1. The summed E-state index contributed by atoms with van der Waals surface area (Å²) in [5.74, 6) is 1.12. The van der Waals surface area contributed by atoms with Gasteiger partial charge in [0, 0.05) is 18.3 Å². The summed E-state index contributed by atoms with van der Waals surface area (Å²) in [5.41, 5.74) is 0. The molecule has 0 unspecified atom stereocenters. The number of nitro groups is 1. The molecule has 0 spiro atoms. The molecule has 7 heteroatoms. The smallest absolute Gasteiger partial charge is 0.345 e. The molecule has 0 amide bonds. The average molecular weight is 287 g/mol. The van der Waals surface area contributed by atoms with Crippen molar-refractivity contribution in [3.63, 3.8) is 0 Å². The Labute approximate surface area is 115 Å². The zero-order valence-electron chi connectivity index (χ0n) is 10.4. The number of hydrogen-bond donors (Lipinski definition) is 0. The predicted molar refractivity (Wildman–Crippen MR) is 76.8 cm³/mol. The summed E-state index contributed by atoms with van der Waals surface area (Å²) in [6.45, 7) is 4.10. The van der Waals surface area contributed by atoms with Crippen molar-refractivity contribution >= 4 is 33.2 Å². The number of thiazole rings is 1. The fourth-order valence-electron chi connectivity index (χ4n) is 2.14. The summed E-state index contributed by atoms with van der Waals surface area (Å²) in [6.07, 6.45) is 4.99. The van der Waals surface area contributed by atoms with E-state index in [1.165, 1.54) is 30.4 Å². The maximum Gasteiger partial charge on any atom is 0.345 e. The first-order valence-electron chi connectivity index (χ1n) is 6.17. The molecule has 18 heavy (non-hydrogen) atoms. The third-order valence-corrected chi connectivity index (χ3v) is 5.16. The molecule has 100 valence electrons. The second kappa shape index (κ2) is 6.38. The van der Waals surface area contributed by atoms with Crippen molar-refractivity contribution in [1.82, 2.24) is 4.98 Å². The van der Waals surface area contributed by atoms with Crippen LogP contribution in [0.1, 0.15) is 26.2 Å². The molecule has 1 atom stereocenters. The maximum atomic E-state index is 10.7. The first kappa shape index (κ1) is 13.6. The molecule has 0 radical (unpaired) electrons. The van der Waals surface area contributed by atoms with Gasteiger partial charge < -0.3 is 4.90 Å². The molecule has 1 saturated heterocycles. The number of aromatic nitrogens is 1. The number of anilines is 1. The van der Waals surface area contributed by atoms with E-state index in [4.69, 9.17) is 0 Å². The van der Waals surface area contributed by atoms with Crippen LogP contribution in [-0.2, 0) is 0 Å². The Bertz CT molecular complexity index is 411. The third-order valence-electron chi connectivity index (χ3n) is 2.96. The summed E-state index contributed by atoms with van der Waals surface area (Å²) >= 11 is 3.16. The van der Waals surface area contributed by atoms with Crippen molar-refractivity contribution in [1.29, 1.82) is 0 Å². The molecule has 1 fully saturated rings. The van der Waals surface area contributed by atoms with E-state index in [9.17, 15) is 10.1 Å². The van der Waals surface area contributed by atoms with Gasteiger partial charge in [-0.15, -0.1) is 0 Å². The maximum absolute atomic E-state index is 10.7. The van der Waals surface area contributed by atoms with Gasteiger partial charge in [0.25, 0.3) is 0 Å². The summed E-state index contributed by atoms with van der Waals surface area (Å²) in [7, 11) is 0. The van der Waals surface area contributed by atoms with Crippen molar-refractivity contribution in [3.05, 3.63) is 16.3 Å². The molecule has 1 aromatic rings. The Morgan fingerprint density at radius 3 is 3.17 bits per heavy atom. The van der Waals surface area contributed by atoms with Gasteiger partial charge in [0.15, 0.2) is 5.13 Å². The van der Waals surface area contributed by atoms with Gasteiger partial charge >= 0.3 is 5.00 Å². The average Bonchev–Trinajstić information content (AvgIpc) is 2.72. The van der Waals surface area contributed by atoms with Crippen LogP contribution in [0, 0.1) is 10.1 Å². The van der Waals surface area contributed by atoms with E-state index in [1.807, 2.05) is 11.8 Å². The highest BCUT2D eigenvalue weighted by molar-refractivity contribution is 7.99. The number of thioether (sulfide) groups is 1. The number of hydrogen-bond acceptors (Lipinski definition) is 6. The number of rotatable bonds is 4. The van der Waals surface area contributed by atoms with Gasteiger partial charge in [0.1, 0.15) is 6.20 Å². The molecular formula is C11H17N3O2S2. The second-order valence-electron chi connectivity index (χ2n) is 4.26. The molecule has 0 saturated carbocycles. The summed E-state index contributed by atoms with van der Waals surface area (Å²) in [5, 5.41) is 12.2. The summed E-state index contributed by atoms with van der Waals surface area (Å²) < 4.78 is 0. The van der Waals surface area contributed by atoms with E-state index >= 15 is 0 Å². The van der Waals surface area contributed by atoms with Crippen LogP contribution in [0.25, 0.3) is 0 Å². The second-order valence-corrected chi connectivity index (χ2v) is 6.82. The minimum atomic E-state index is -0.364. The van der Waals surface area contributed by atoms with Gasteiger partial charge in [0.2, 0.25) is 0 Å². The topological polar surface area (TPSA) is 59.3 Å². The Morgan fingerprint density at radius 2 is 2.50 bits per heavy atom. The van der Waals surface area contributed by atoms with E-state index < -0.39 is 0 Å². The van der Waals surface area contributed by atoms with Crippen LogP contribution >= 0.6 is 23.1 Å². The lowest BCUT2D eigenvalue weighted by Crippen LogP contribution is -2.29.